The lowest BCUT2D eigenvalue weighted by Crippen LogP contribution is -2.50. The number of fused-ring (bicyclic) bond motifs is 2. The van der Waals surface area contributed by atoms with Crippen molar-refractivity contribution in [3.8, 4) is 5.75 Å². The van der Waals surface area contributed by atoms with Gasteiger partial charge in [0.1, 0.15) is 11.4 Å². The van der Waals surface area contributed by atoms with Gasteiger partial charge in [-0.2, -0.15) is 0 Å². The van der Waals surface area contributed by atoms with Gasteiger partial charge in [-0.05, 0) is 30.5 Å². The van der Waals surface area contributed by atoms with E-state index in [1.54, 1.807) is 19.2 Å². The molecule has 7 nitrogen and oxygen atoms in total. The van der Waals surface area contributed by atoms with Crippen LogP contribution in [0.25, 0.3) is 0 Å². The van der Waals surface area contributed by atoms with Crippen LogP contribution < -0.4 is 10.1 Å². The summed E-state index contributed by atoms with van der Waals surface area (Å²) in [6.07, 6.45) is 1.87. The summed E-state index contributed by atoms with van der Waals surface area (Å²) in [4.78, 5) is 40.4. The second-order valence-electron chi connectivity index (χ2n) is 7.01. The molecule has 2 heterocycles. The van der Waals surface area contributed by atoms with Gasteiger partial charge in [0.25, 0.3) is 5.91 Å². The molecule has 28 heavy (non-hydrogen) atoms. The van der Waals surface area contributed by atoms with Crippen LogP contribution in [0.4, 0.5) is 0 Å². The van der Waals surface area contributed by atoms with Crippen molar-refractivity contribution in [2.45, 2.75) is 25.2 Å². The van der Waals surface area contributed by atoms with Crippen LogP contribution in [0.3, 0.4) is 0 Å². The van der Waals surface area contributed by atoms with Crippen LogP contribution in [0, 0.1) is 0 Å². The average Bonchev–Trinajstić information content (AvgIpc) is 2.72. The lowest BCUT2D eigenvalue weighted by Gasteiger charge is -2.43. The van der Waals surface area contributed by atoms with E-state index in [0.29, 0.717) is 43.0 Å². The summed E-state index contributed by atoms with van der Waals surface area (Å²) in [5.41, 5.74) is 2.68. The van der Waals surface area contributed by atoms with Gasteiger partial charge in [0.15, 0.2) is 5.78 Å². The number of carbonyl (C=O) groups excluding carboxylic acids is 3. The Kier molecular flexibility index (Phi) is 4.66. The first kappa shape index (κ1) is 18.3. The van der Waals surface area contributed by atoms with Gasteiger partial charge in [-0.25, -0.2) is 4.79 Å². The fourth-order valence-corrected chi connectivity index (χ4v) is 4.35. The van der Waals surface area contributed by atoms with E-state index in [1.165, 1.54) is 7.11 Å². The highest BCUT2D eigenvalue weighted by atomic mass is 16.5. The summed E-state index contributed by atoms with van der Waals surface area (Å²) in [5, 5.41) is 2.81. The van der Waals surface area contributed by atoms with Crippen LogP contribution in [0.15, 0.2) is 46.8 Å². The number of allylic oxidation sites excluding steroid dienone is 2. The van der Waals surface area contributed by atoms with Crippen molar-refractivity contribution in [2.75, 3.05) is 27.3 Å². The maximum atomic E-state index is 13.0. The zero-order chi connectivity index (χ0) is 19.8. The third-order valence-electron chi connectivity index (χ3n) is 5.53. The molecule has 1 amide bonds. The summed E-state index contributed by atoms with van der Waals surface area (Å²) < 4.78 is 10.4. The molecule has 4 rings (SSSR count). The Hall–Kier alpha value is -3.09. The number of nitrogens with zero attached hydrogens (tertiary/aromatic N) is 1. The van der Waals surface area contributed by atoms with Crippen molar-refractivity contribution >= 4 is 17.7 Å². The zero-order valence-electron chi connectivity index (χ0n) is 15.9. The van der Waals surface area contributed by atoms with Gasteiger partial charge in [0.05, 0.1) is 19.8 Å². The van der Waals surface area contributed by atoms with Gasteiger partial charge in [-0.3, -0.25) is 9.59 Å². The minimum Gasteiger partial charge on any atom is -0.497 e. The summed E-state index contributed by atoms with van der Waals surface area (Å²) >= 11 is 0. The smallest absolute Gasteiger partial charge is 0.337 e. The monoisotopic (exact) mass is 382 g/mol. The van der Waals surface area contributed by atoms with Crippen molar-refractivity contribution in [3.63, 3.8) is 0 Å². The summed E-state index contributed by atoms with van der Waals surface area (Å²) in [7, 11) is 2.85. The molecule has 0 spiro atoms. The third-order valence-corrected chi connectivity index (χ3v) is 5.53. The molecule has 1 fully saturated rings. The van der Waals surface area contributed by atoms with Crippen LogP contribution in [0.1, 0.15) is 30.7 Å². The minimum atomic E-state index is -0.652. The van der Waals surface area contributed by atoms with Crippen LogP contribution >= 0.6 is 0 Å². The number of esters is 1. The number of ketones is 1. The Morgan fingerprint density at radius 3 is 2.79 bits per heavy atom. The topological polar surface area (TPSA) is 84.9 Å². The molecule has 0 aromatic heterocycles. The van der Waals surface area contributed by atoms with E-state index >= 15 is 0 Å². The molecular formula is C21H22N2O5. The normalized spacial score (nSPS) is 21.8. The number of ether oxygens (including phenoxy) is 2. The van der Waals surface area contributed by atoms with E-state index in [2.05, 4.69) is 5.32 Å². The van der Waals surface area contributed by atoms with Crippen molar-refractivity contribution in [1.82, 2.24) is 10.2 Å². The molecule has 7 heteroatoms. The van der Waals surface area contributed by atoms with E-state index in [0.717, 1.165) is 17.7 Å². The number of carbonyl (C=O) groups is 3. The molecule has 1 atom stereocenters. The maximum absolute atomic E-state index is 13.0. The van der Waals surface area contributed by atoms with E-state index in [4.69, 9.17) is 9.47 Å². The molecule has 1 aliphatic carbocycles. The fourth-order valence-electron chi connectivity index (χ4n) is 4.35. The van der Waals surface area contributed by atoms with Crippen molar-refractivity contribution in [2.24, 2.45) is 0 Å². The maximum Gasteiger partial charge on any atom is 0.337 e. The third kappa shape index (κ3) is 2.78. The van der Waals surface area contributed by atoms with Crippen molar-refractivity contribution in [3.05, 3.63) is 52.4 Å². The lowest BCUT2D eigenvalue weighted by molar-refractivity contribution is -0.137. The number of piperazine rings is 1. The van der Waals surface area contributed by atoms with Gasteiger partial charge >= 0.3 is 5.97 Å². The van der Waals surface area contributed by atoms with Gasteiger partial charge in [-0.1, -0.05) is 12.1 Å². The average molecular weight is 382 g/mol. The number of nitrogens with one attached hydrogen (secondary N) is 1. The van der Waals surface area contributed by atoms with E-state index in [1.807, 2.05) is 17.0 Å². The molecular weight excluding hydrogens is 360 g/mol. The lowest BCUT2D eigenvalue weighted by atomic mass is 9.74. The Labute approximate surface area is 163 Å². The molecule has 146 valence electrons. The minimum absolute atomic E-state index is 0.0144. The van der Waals surface area contributed by atoms with Crippen LogP contribution in [0.5, 0.6) is 5.75 Å². The molecule has 1 saturated heterocycles. The Bertz CT molecular complexity index is 930. The predicted molar refractivity (Wildman–Crippen MR) is 100 cm³/mol. The summed E-state index contributed by atoms with van der Waals surface area (Å²) in [5.74, 6) is -0.937. The number of amides is 1. The summed E-state index contributed by atoms with van der Waals surface area (Å²) in [6, 6.07) is 7.26. The first-order valence-corrected chi connectivity index (χ1v) is 9.35. The van der Waals surface area contributed by atoms with Gasteiger partial charge in [0.2, 0.25) is 0 Å². The molecule has 0 saturated carbocycles. The fraction of sp³-hybridized carbons (Fsp3) is 0.381. The van der Waals surface area contributed by atoms with Crippen LogP contribution in [0.2, 0.25) is 0 Å². The van der Waals surface area contributed by atoms with Crippen molar-refractivity contribution in [1.29, 1.82) is 0 Å². The van der Waals surface area contributed by atoms with Crippen LogP contribution in [-0.2, 0) is 19.1 Å². The molecule has 1 N–H and O–H groups in total. The molecule has 0 bridgehead atoms. The number of Topliss-reactive ketones (excluding diaryl/α,β-unsaturated/α-hetero) is 1. The molecule has 1 aromatic carbocycles. The standard InChI is InChI=1S/C21H22N2O5/c1-27-13-6-3-5-12(11-13)16-17-14(7-4-8-15(17)24)23-10-9-22-20(25)19(23)18(16)21(26)28-2/h3,5-6,11,16H,4,7-10H2,1-2H3,(H,22,25)/t16-/m1/s1. The van der Waals surface area contributed by atoms with Crippen LogP contribution in [-0.4, -0.2) is 49.9 Å². The van der Waals surface area contributed by atoms with Gasteiger partial charge in [-0.15, -0.1) is 0 Å². The highest BCUT2D eigenvalue weighted by molar-refractivity contribution is 6.09. The van der Waals surface area contributed by atoms with Gasteiger partial charge in [0, 0.05) is 36.7 Å². The first-order valence-electron chi connectivity index (χ1n) is 9.35. The highest BCUT2D eigenvalue weighted by Gasteiger charge is 2.45. The Morgan fingerprint density at radius 2 is 2.04 bits per heavy atom. The number of hydrogen-bond acceptors (Lipinski definition) is 6. The Morgan fingerprint density at radius 1 is 1.21 bits per heavy atom. The number of rotatable bonds is 3. The van der Waals surface area contributed by atoms with E-state index < -0.39 is 11.9 Å². The molecule has 2 aliphatic heterocycles. The SMILES string of the molecule is COC(=O)C1=C2C(=O)NCCN2C2=C(C(=O)CCC2)[C@H]1c1cccc(OC)c1. The molecule has 3 aliphatic rings. The second kappa shape index (κ2) is 7.14. The first-order chi connectivity index (χ1) is 13.6. The van der Waals surface area contributed by atoms with Crippen molar-refractivity contribution < 1.29 is 23.9 Å². The quantitative estimate of drug-likeness (QED) is 0.801. The van der Waals surface area contributed by atoms with E-state index in [-0.39, 0.29) is 17.3 Å². The largest absolute Gasteiger partial charge is 0.497 e. The van der Waals surface area contributed by atoms with E-state index in [9.17, 15) is 14.4 Å². The Balaban J connectivity index is 2.00. The molecule has 0 radical (unpaired) electrons. The number of hydrogen-bond donors (Lipinski definition) is 1. The zero-order valence-corrected chi connectivity index (χ0v) is 15.9. The predicted octanol–water partition coefficient (Wildman–Crippen LogP) is 1.66. The number of methoxy groups -OCH3 is 2. The van der Waals surface area contributed by atoms with Gasteiger partial charge < -0.3 is 19.7 Å². The summed E-state index contributed by atoms with van der Waals surface area (Å²) in [6.45, 7) is 0.990. The number of benzene rings is 1. The molecule has 0 unspecified atom stereocenters. The molecule has 1 aromatic rings. The second-order valence-corrected chi connectivity index (χ2v) is 7.01. The highest BCUT2D eigenvalue weighted by Crippen LogP contribution is 2.47.